The van der Waals surface area contributed by atoms with Crippen LogP contribution in [0.4, 0.5) is 0 Å². The summed E-state index contributed by atoms with van der Waals surface area (Å²) in [5.74, 6) is 1.11. The van der Waals surface area contributed by atoms with Crippen molar-refractivity contribution in [3.8, 4) is 11.5 Å². The van der Waals surface area contributed by atoms with Crippen LogP contribution < -0.4 is 5.32 Å². The Kier molecular flexibility index (Phi) is 4.52. The van der Waals surface area contributed by atoms with Crippen molar-refractivity contribution in [1.29, 1.82) is 0 Å². The van der Waals surface area contributed by atoms with Crippen molar-refractivity contribution in [1.82, 2.24) is 15.5 Å². The molecule has 1 aromatic carbocycles. The third-order valence-electron chi connectivity index (χ3n) is 3.50. The molecule has 118 valence electrons. The number of nitrogens with zero attached hydrogens (tertiary/aromatic N) is 2. The van der Waals surface area contributed by atoms with Crippen LogP contribution in [0.2, 0.25) is 0 Å². The van der Waals surface area contributed by atoms with E-state index in [1.165, 1.54) is 4.88 Å². The number of rotatable bonds is 5. The standard InChI is InChI=1S/C17H17N3O2S/c1-11(15-7-4-8-23-15)10-18-16(21)13-5-3-6-14(9-13)17-20-19-12(2)22-17/h3-9,11H,10H2,1-2H3,(H,18,21)/t11-/m0/s1. The first kappa shape index (κ1) is 15.4. The second kappa shape index (κ2) is 6.75. The first-order chi connectivity index (χ1) is 11.1. The summed E-state index contributed by atoms with van der Waals surface area (Å²) in [5.41, 5.74) is 1.32. The maximum Gasteiger partial charge on any atom is 0.251 e. The molecule has 0 unspecified atom stereocenters. The molecular weight excluding hydrogens is 310 g/mol. The van der Waals surface area contributed by atoms with Crippen LogP contribution in [0.25, 0.3) is 11.5 Å². The van der Waals surface area contributed by atoms with E-state index < -0.39 is 0 Å². The second-order valence-corrected chi connectivity index (χ2v) is 6.31. The van der Waals surface area contributed by atoms with Crippen LogP contribution in [-0.2, 0) is 0 Å². The van der Waals surface area contributed by atoms with Gasteiger partial charge >= 0.3 is 0 Å². The van der Waals surface area contributed by atoms with E-state index in [2.05, 4.69) is 28.5 Å². The number of nitrogens with one attached hydrogen (secondary N) is 1. The third-order valence-corrected chi connectivity index (χ3v) is 4.60. The monoisotopic (exact) mass is 327 g/mol. The summed E-state index contributed by atoms with van der Waals surface area (Å²) in [6.45, 7) is 4.44. The van der Waals surface area contributed by atoms with Crippen LogP contribution in [0.1, 0.15) is 34.0 Å². The van der Waals surface area contributed by atoms with Gasteiger partial charge in [-0.1, -0.05) is 19.1 Å². The molecule has 0 aliphatic rings. The van der Waals surface area contributed by atoms with Gasteiger partial charge in [0.1, 0.15) is 0 Å². The number of aryl methyl sites for hydroxylation is 1. The lowest BCUT2D eigenvalue weighted by molar-refractivity contribution is 0.0952. The normalized spacial score (nSPS) is 12.1. The molecule has 0 aliphatic heterocycles. The number of hydrogen-bond donors (Lipinski definition) is 1. The highest BCUT2D eigenvalue weighted by atomic mass is 32.1. The highest BCUT2D eigenvalue weighted by molar-refractivity contribution is 7.10. The molecule has 3 rings (SSSR count). The number of carbonyl (C=O) groups excluding carboxylic acids is 1. The van der Waals surface area contributed by atoms with E-state index in [1.807, 2.05) is 23.6 Å². The number of hydrogen-bond acceptors (Lipinski definition) is 5. The molecule has 2 aromatic heterocycles. The Morgan fingerprint density at radius 3 is 2.87 bits per heavy atom. The Labute approximate surface area is 138 Å². The Morgan fingerprint density at radius 2 is 2.17 bits per heavy atom. The number of thiophene rings is 1. The fourth-order valence-electron chi connectivity index (χ4n) is 2.23. The van der Waals surface area contributed by atoms with Crippen molar-refractivity contribution in [3.05, 3.63) is 58.1 Å². The van der Waals surface area contributed by atoms with Gasteiger partial charge in [-0.15, -0.1) is 21.5 Å². The average Bonchev–Trinajstić information content (AvgIpc) is 3.24. The highest BCUT2D eigenvalue weighted by Gasteiger charge is 2.12. The van der Waals surface area contributed by atoms with Gasteiger partial charge in [-0.2, -0.15) is 0 Å². The molecule has 0 fully saturated rings. The van der Waals surface area contributed by atoms with Crippen molar-refractivity contribution in [3.63, 3.8) is 0 Å². The van der Waals surface area contributed by atoms with Crippen molar-refractivity contribution in [2.24, 2.45) is 0 Å². The molecule has 0 saturated heterocycles. The lowest BCUT2D eigenvalue weighted by Crippen LogP contribution is -2.27. The second-order valence-electron chi connectivity index (χ2n) is 5.33. The molecule has 23 heavy (non-hydrogen) atoms. The Balaban J connectivity index is 1.68. The summed E-state index contributed by atoms with van der Waals surface area (Å²) in [6.07, 6.45) is 0. The Hall–Kier alpha value is -2.47. The molecule has 6 heteroatoms. The van der Waals surface area contributed by atoms with E-state index in [0.29, 0.717) is 29.8 Å². The van der Waals surface area contributed by atoms with Crippen molar-refractivity contribution >= 4 is 17.2 Å². The average molecular weight is 327 g/mol. The van der Waals surface area contributed by atoms with Gasteiger partial charge in [-0.05, 0) is 29.6 Å². The molecule has 0 spiro atoms. The maximum absolute atomic E-state index is 12.3. The predicted molar refractivity (Wildman–Crippen MR) is 89.5 cm³/mol. The first-order valence-electron chi connectivity index (χ1n) is 7.35. The smallest absolute Gasteiger partial charge is 0.251 e. The lowest BCUT2D eigenvalue weighted by Gasteiger charge is -2.11. The lowest BCUT2D eigenvalue weighted by atomic mass is 10.1. The van der Waals surface area contributed by atoms with E-state index in [1.54, 1.807) is 30.4 Å². The zero-order chi connectivity index (χ0) is 16.2. The van der Waals surface area contributed by atoms with E-state index in [4.69, 9.17) is 4.42 Å². The van der Waals surface area contributed by atoms with Gasteiger partial charge in [-0.3, -0.25) is 4.79 Å². The van der Waals surface area contributed by atoms with Gasteiger partial charge in [0.2, 0.25) is 11.8 Å². The van der Waals surface area contributed by atoms with Crippen LogP contribution >= 0.6 is 11.3 Å². The van der Waals surface area contributed by atoms with Gasteiger partial charge in [0, 0.05) is 35.4 Å². The molecule has 1 N–H and O–H groups in total. The van der Waals surface area contributed by atoms with Crippen LogP contribution in [0.15, 0.2) is 46.2 Å². The zero-order valence-corrected chi connectivity index (χ0v) is 13.8. The van der Waals surface area contributed by atoms with E-state index in [9.17, 15) is 4.79 Å². The number of aromatic nitrogens is 2. The van der Waals surface area contributed by atoms with Gasteiger partial charge in [-0.25, -0.2) is 0 Å². The van der Waals surface area contributed by atoms with Crippen LogP contribution in [-0.4, -0.2) is 22.6 Å². The summed E-state index contributed by atoms with van der Waals surface area (Å²) in [6, 6.07) is 11.3. The Morgan fingerprint density at radius 1 is 1.30 bits per heavy atom. The van der Waals surface area contributed by atoms with Gasteiger partial charge in [0.05, 0.1) is 0 Å². The number of carbonyl (C=O) groups is 1. The maximum atomic E-state index is 12.3. The van der Waals surface area contributed by atoms with Crippen LogP contribution in [0.3, 0.4) is 0 Å². The minimum Gasteiger partial charge on any atom is -0.421 e. The van der Waals surface area contributed by atoms with Gasteiger partial charge in [0.25, 0.3) is 5.91 Å². The fraction of sp³-hybridized carbons (Fsp3) is 0.235. The van der Waals surface area contributed by atoms with E-state index >= 15 is 0 Å². The molecule has 0 radical (unpaired) electrons. The summed E-state index contributed by atoms with van der Waals surface area (Å²) in [5, 5.41) is 12.8. The SMILES string of the molecule is Cc1nnc(-c2cccc(C(=O)NC[C@H](C)c3cccs3)c2)o1. The number of benzene rings is 1. The zero-order valence-electron chi connectivity index (χ0n) is 12.9. The molecular formula is C17H17N3O2S. The minimum atomic E-state index is -0.105. The van der Waals surface area contributed by atoms with Crippen molar-refractivity contribution in [2.75, 3.05) is 6.54 Å². The predicted octanol–water partition coefficient (Wildman–Crippen LogP) is 3.64. The first-order valence-corrected chi connectivity index (χ1v) is 8.23. The largest absolute Gasteiger partial charge is 0.421 e. The molecule has 0 bridgehead atoms. The minimum absolute atomic E-state index is 0.105. The molecule has 0 aliphatic carbocycles. The molecule has 3 aromatic rings. The van der Waals surface area contributed by atoms with Crippen molar-refractivity contribution in [2.45, 2.75) is 19.8 Å². The van der Waals surface area contributed by atoms with Crippen LogP contribution in [0.5, 0.6) is 0 Å². The fourth-order valence-corrected chi connectivity index (χ4v) is 3.01. The topological polar surface area (TPSA) is 68.0 Å². The molecule has 2 heterocycles. The van der Waals surface area contributed by atoms with Crippen LogP contribution in [0, 0.1) is 6.92 Å². The number of amides is 1. The summed E-state index contributed by atoms with van der Waals surface area (Å²) >= 11 is 1.70. The molecule has 1 atom stereocenters. The molecule has 0 saturated carbocycles. The van der Waals surface area contributed by atoms with E-state index in [0.717, 1.165) is 5.56 Å². The summed E-state index contributed by atoms with van der Waals surface area (Å²) < 4.78 is 5.40. The van der Waals surface area contributed by atoms with Crippen molar-refractivity contribution < 1.29 is 9.21 Å². The summed E-state index contributed by atoms with van der Waals surface area (Å²) in [7, 11) is 0. The third kappa shape index (κ3) is 3.65. The summed E-state index contributed by atoms with van der Waals surface area (Å²) in [4.78, 5) is 13.6. The van der Waals surface area contributed by atoms with E-state index in [-0.39, 0.29) is 5.91 Å². The van der Waals surface area contributed by atoms with Gasteiger partial charge < -0.3 is 9.73 Å². The van der Waals surface area contributed by atoms with Gasteiger partial charge in [0.15, 0.2) is 0 Å². The Bertz CT molecular complexity index is 796. The highest BCUT2D eigenvalue weighted by Crippen LogP contribution is 2.21. The molecule has 5 nitrogen and oxygen atoms in total. The molecule has 1 amide bonds. The quantitative estimate of drug-likeness (QED) is 0.777.